The summed E-state index contributed by atoms with van der Waals surface area (Å²) in [7, 11) is 1.68. The molecule has 2 aliphatic heterocycles. The molecule has 0 N–H and O–H groups in total. The standard InChI is InChI=1S/C23H25NO4/c1-26-19-6-4-16(5-7-19)20(15-2-3-15)12-23(25)24-9-8-17-10-21-22(28-14-27-21)11-18(17)13-24/h4-7,10-11,15,20H,2-3,8-9,12-14H2,1H3. The van der Waals surface area contributed by atoms with E-state index in [0.717, 1.165) is 30.2 Å². The van der Waals surface area contributed by atoms with Gasteiger partial charge in [0.1, 0.15) is 5.75 Å². The molecule has 1 aliphatic carbocycles. The Balaban J connectivity index is 1.30. The van der Waals surface area contributed by atoms with Crippen molar-refractivity contribution in [1.82, 2.24) is 4.90 Å². The third-order valence-corrected chi connectivity index (χ3v) is 6.19. The quantitative estimate of drug-likeness (QED) is 0.791. The predicted octanol–water partition coefficient (Wildman–Crippen LogP) is 3.89. The summed E-state index contributed by atoms with van der Waals surface area (Å²) < 4.78 is 16.3. The number of fused-ring (bicyclic) bond motifs is 2. The van der Waals surface area contributed by atoms with Crippen molar-refractivity contribution in [2.75, 3.05) is 20.4 Å². The van der Waals surface area contributed by atoms with Gasteiger partial charge in [-0.1, -0.05) is 12.1 Å². The van der Waals surface area contributed by atoms with E-state index in [4.69, 9.17) is 14.2 Å². The van der Waals surface area contributed by atoms with E-state index >= 15 is 0 Å². The molecule has 5 nitrogen and oxygen atoms in total. The summed E-state index contributed by atoms with van der Waals surface area (Å²) in [6.45, 7) is 1.71. The molecule has 0 aromatic heterocycles. The molecule has 1 fully saturated rings. The summed E-state index contributed by atoms with van der Waals surface area (Å²) >= 11 is 0. The molecule has 0 radical (unpaired) electrons. The van der Waals surface area contributed by atoms with Gasteiger partial charge in [0.25, 0.3) is 0 Å². The number of rotatable bonds is 5. The highest BCUT2D eigenvalue weighted by molar-refractivity contribution is 5.77. The van der Waals surface area contributed by atoms with Gasteiger partial charge in [-0.2, -0.15) is 0 Å². The maximum atomic E-state index is 13.1. The van der Waals surface area contributed by atoms with Crippen LogP contribution in [0.25, 0.3) is 0 Å². The Labute approximate surface area is 165 Å². The molecule has 1 atom stereocenters. The van der Waals surface area contributed by atoms with Crippen LogP contribution >= 0.6 is 0 Å². The first kappa shape index (κ1) is 17.4. The smallest absolute Gasteiger partial charge is 0.231 e. The van der Waals surface area contributed by atoms with Gasteiger partial charge in [-0.3, -0.25) is 4.79 Å². The minimum absolute atomic E-state index is 0.246. The van der Waals surface area contributed by atoms with Crippen molar-refractivity contribution in [3.8, 4) is 17.2 Å². The fraction of sp³-hybridized carbons (Fsp3) is 0.435. The summed E-state index contributed by atoms with van der Waals surface area (Å²) in [6, 6.07) is 12.3. The zero-order valence-corrected chi connectivity index (χ0v) is 16.1. The highest BCUT2D eigenvalue weighted by Gasteiger charge is 2.35. The lowest BCUT2D eigenvalue weighted by atomic mass is 9.90. The van der Waals surface area contributed by atoms with Crippen LogP contribution in [0.3, 0.4) is 0 Å². The number of hydrogen-bond donors (Lipinski definition) is 0. The van der Waals surface area contributed by atoms with Crippen LogP contribution in [0.2, 0.25) is 0 Å². The molecule has 5 rings (SSSR count). The number of nitrogens with zero attached hydrogens (tertiary/aromatic N) is 1. The lowest BCUT2D eigenvalue weighted by Gasteiger charge is -2.30. The first-order valence-electron chi connectivity index (χ1n) is 10.0. The van der Waals surface area contributed by atoms with E-state index in [2.05, 4.69) is 18.2 Å². The zero-order chi connectivity index (χ0) is 19.1. The van der Waals surface area contributed by atoms with Crippen molar-refractivity contribution >= 4 is 5.91 Å². The van der Waals surface area contributed by atoms with Crippen molar-refractivity contribution in [2.24, 2.45) is 5.92 Å². The summed E-state index contributed by atoms with van der Waals surface area (Å²) in [5, 5.41) is 0. The fourth-order valence-electron chi connectivity index (χ4n) is 4.38. The fourth-order valence-corrected chi connectivity index (χ4v) is 4.38. The molecule has 2 aromatic rings. The third kappa shape index (κ3) is 3.30. The molecule has 1 saturated carbocycles. The third-order valence-electron chi connectivity index (χ3n) is 6.19. The molecule has 1 unspecified atom stereocenters. The topological polar surface area (TPSA) is 48.0 Å². The van der Waals surface area contributed by atoms with Gasteiger partial charge < -0.3 is 19.1 Å². The van der Waals surface area contributed by atoms with Crippen molar-refractivity contribution < 1.29 is 19.0 Å². The second kappa shape index (κ2) is 7.04. The molecule has 3 aliphatic rings. The van der Waals surface area contributed by atoms with Crippen LogP contribution in [0, 0.1) is 5.92 Å². The Hall–Kier alpha value is -2.69. The van der Waals surface area contributed by atoms with Crippen molar-refractivity contribution in [3.63, 3.8) is 0 Å². The second-order valence-electron chi connectivity index (χ2n) is 7.96. The van der Waals surface area contributed by atoms with Crippen LogP contribution < -0.4 is 14.2 Å². The normalized spacial score (nSPS) is 18.5. The largest absolute Gasteiger partial charge is 0.497 e. The van der Waals surface area contributed by atoms with Gasteiger partial charge in [-0.05, 0) is 72.1 Å². The molecular weight excluding hydrogens is 354 g/mol. The average molecular weight is 379 g/mol. The molecule has 5 heteroatoms. The number of carbonyl (C=O) groups excluding carboxylic acids is 1. The summed E-state index contributed by atoms with van der Waals surface area (Å²) in [5.41, 5.74) is 3.69. The summed E-state index contributed by atoms with van der Waals surface area (Å²) in [6.07, 6.45) is 3.89. The Kier molecular flexibility index (Phi) is 4.38. The highest BCUT2D eigenvalue weighted by Crippen LogP contribution is 2.45. The van der Waals surface area contributed by atoms with Gasteiger partial charge in [-0.15, -0.1) is 0 Å². The Morgan fingerprint density at radius 1 is 1.14 bits per heavy atom. The van der Waals surface area contributed by atoms with Gasteiger partial charge in [0.2, 0.25) is 12.7 Å². The van der Waals surface area contributed by atoms with Gasteiger partial charge in [0.15, 0.2) is 11.5 Å². The molecule has 2 aromatic carbocycles. The highest BCUT2D eigenvalue weighted by atomic mass is 16.7. The lowest BCUT2D eigenvalue weighted by Crippen LogP contribution is -2.36. The molecule has 1 amide bonds. The molecule has 146 valence electrons. The maximum Gasteiger partial charge on any atom is 0.231 e. The molecule has 0 spiro atoms. The van der Waals surface area contributed by atoms with Crippen molar-refractivity contribution in [1.29, 1.82) is 0 Å². The molecule has 2 heterocycles. The van der Waals surface area contributed by atoms with E-state index in [-0.39, 0.29) is 12.7 Å². The van der Waals surface area contributed by atoms with E-state index in [1.165, 1.54) is 29.5 Å². The van der Waals surface area contributed by atoms with E-state index < -0.39 is 0 Å². The predicted molar refractivity (Wildman–Crippen MR) is 105 cm³/mol. The zero-order valence-electron chi connectivity index (χ0n) is 16.1. The summed E-state index contributed by atoms with van der Waals surface area (Å²) in [5.74, 6) is 3.65. The molecular formula is C23H25NO4. The minimum atomic E-state index is 0.246. The van der Waals surface area contributed by atoms with Gasteiger partial charge in [0.05, 0.1) is 7.11 Å². The van der Waals surface area contributed by atoms with Crippen molar-refractivity contribution in [2.45, 2.75) is 38.1 Å². The van der Waals surface area contributed by atoms with E-state index in [1.807, 2.05) is 23.1 Å². The van der Waals surface area contributed by atoms with Crippen LogP contribution in [-0.4, -0.2) is 31.3 Å². The monoisotopic (exact) mass is 379 g/mol. The minimum Gasteiger partial charge on any atom is -0.497 e. The number of benzene rings is 2. The van der Waals surface area contributed by atoms with Gasteiger partial charge >= 0.3 is 0 Å². The SMILES string of the molecule is COc1ccc(C(CC(=O)N2CCc3cc4c(cc3C2)OCO4)C2CC2)cc1. The van der Waals surface area contributed by atoms with Crippen molar-refractivity contribution in [3.05, 3.63) is 53.1 Å². The number of methoxy groups -OCH3 is 1. The van der Waals surface area contributed by atoms with Crippen LogP contribution in [-0.2, 0) is 17.8 Å². The molecule has 28 heavy (non-hydrogen) atoms. The first-order chi connectivity index (χ1) is 13.7. The number of hydrogen-bond acceptors (Lipinski definition) is 4. The number of carbonyl (C=O) groups is 1. The lowest BCUT2D eigenvalue weighted by molar-refractivity contribution is -0.132. The molecule has 0 saturated heterocycles. The van der Waals surface area contributed by atoms with E-state index in [9.17, 15) is 4.79 Å². The van der Waals surface area contributed by atoms with Gasteiger partial charge in [-0.25, -0.2) is 0 Å². The number of ether oxygens (including phenoxy) is 3. The first-order valence-corrected chi connectivity index (χ1v) is 10.0. The van der Waals surface area contributed by atoms with Crippen LogP contribution in [0.4, 0.5) is 0 Å². The van der Waals surface area contributed by atoms with Crippen LogP contribution in [0.1, 0.15) is 41.9 Å². The van der Waals surface area contributed by atoms with Gasteiger partial charge in [0, 0.05) is 19.5 Å². The van der Waals surface area contributed by atoms with Crippen LogP contribution in [0.5, 0.6) is 17.2 Å². The summed E-state index contributed by atoms with van der Waals surface area (Å²) in [4.78, 5) is 15.1. The van der Waals surface area contributed by atoms with Crippen LogP contribution in [0.15, 0.2) is 36.4 Å². The molecule has 0 bridgehead atoms. The second-order valence-corrected chi connectivity index (χ2v) is 7.96. The van der Waals surface area contributed by atoms with E-state index in [1.54, 1.807) is 7.11 Å². The van der Waals surface area contributed by atoms with E-state index in [0.29, 0.717) is 24.8 Å². The Morgan fingerprint density at radius 3 is 2.54 bits per heavy atom. The Bertz CT molecular complexity index is 888. The Morgan fingerprint density at radius 2 is 1.86 bits per heavy atom. The number of amides is 1. The average Bonchev–Trinajstić information content (AvgIpc) is 3.47. The maximum absolute atomic E-state index is 13.1.